The summed E-state index contributed by atoms with van der Waals surface area (Å²) in [5.74, 6) is -2.05. The number of para-hydroxylation sites is 1. The third-order valence-electron chi connectivity index (χ3n) is 4.23. The van der Waals surface area contributed by atoms with E-state index in [4.69, 9.17) is 12.2 Å². The van der Waals surface area contributed by atoms with Gasteiger partial charge < -0.3 is 0 Å². The summed E-state index contributed by atoms with van der Waals surface area (Å²) >= 11 is 5.07. The number of carbonyl (C=O) groups excluding carboxylic acids is 3. The Morgan fingerprint density at radius 2 is 1.62 bits per heavy atom. The Balaban J connectivity index is 1.98. The van der Waals surface area contributed by atoms with Crippen LogP contribution in [0.4, 0.5) is 5.69 Å². The van der Waals surface area contributed by atoms with Crippen molar-refractivity contribution >= 4 is 40.7 Å². The van der Waals surface area contributed by atoms with Crippen molar-refractivity contribution < 1.29 is 14.4 Å². The molecule has 1 aromatic carbocycles. The summed E-state index contributed by atoms with van der Waals surface area (Å²) < 4.78 is 0. The molecule has 0 bridgehead atoms. The molecule has 0 spiro atoms. The molecule has 3 amide bonds. The highest BCUT2D eigenvalue weighted by molar-refractivity contribution is 7.80. The summed E-state index contributed by atoms with van der Waals surface area (Å²) in [7, 11) is 3.01. The first-order valence-electron chi connectivity index (χ1n) is 7.97. The minimum absolute atomic E-state index is 0.0686. The lowest BCUT2D eigenvalue weighted by atomic mass is 9.99. The number of carbonyl (C=O) groups is 3. The molecule has 134 valence electrons. The van der Waals surface area contributed by atoms with Crippen LogP contribution < -0.4 is 10.4 Å². The molecule has 1 atom stereocenters. The Bertz CT molecular complexity index is 836. The van der Waals surface area contributed by atoms with Crippen molar-refractivity contribution in [3.63, 3.8) is 0 Å². The van der Waals surface area contributed by atoms with Gasteiger partial charge >= 0.3 is 0 Å². The van der Waals surface area contributed by atoms with E-state index >= 15 is 0 Å². The Morgan fingerprint density at radius 1 is 1.04 bits per heavy atom. The van der Waals surface area contributed by atoms with Gasteiger partial charge in [-0.1, -0.05) is 18.2 Å². The monoisotopic (exact) mass is 370 g/mol. The Morgan fingerprint density at radius 3 is 2.19 bits per heavy atom. The van der Waals surface area contributed by atoms with Gasteiger partial charge in [-0.05, 0) is 43.4 Å². The summed E-state index contributed by atoms with van der Waals surface area (Å²) in [6, 6.07) is 9.10. The lowest BCUT2D eigenvalue weighted by Gasteiger charge is -2.34. The lowest BCUT2D eigenvalue weighted by Crippen LogP contribution is -2.53. The van der Waals surface area contributed by atoms with Crippen LogP contribution >= 0.6 is 12.2 Å². The maximum absolute atomic E-state index is 12.9. The number of nitrogens with one attached hydrogen (secondary N) is 1. The summed E-state index contributed by atoms with van der Waals surface area (Å²) in [5.41, 5.74) is 4.34. The highest BCUT2D eigenvalue weighted by Crippen LogP contribution is 2.24. The summed E-state index contributed by atoms with van der Waals surface area (Å²) in [4.78, 5) is 40.3. The highest BCUT2D eigenvalue weighted by Gasteiger charge is 2.37. The third kappa shape index (κ3) is 2.99. The predicted molar refractivity (Wildman–Crippen MR) is 101 cm³/mol. The van der Waals surface area contributed by atoms with Crippen LogP contribution in [0, 0.1) is 5.92 Å². The minimum Gasteiger partial charge on any atom is -0.296 e. The number of allylic oxidation sites excluding steroid dienone is 1. The summed E-state index contributed by atoms with van der Waals surface area (Å²) in [6.45, 7) is 1.81. The SMILES string of the molecule is CC1=C[C@H](C=C2C(=O)N(C)C(=S)N(C)C2=O)C(=O)N(c2ccccc2)N1. The van der Waals surface area contributed by atoms with Gasteiger partial charge in [-0.3, -0.25) is 29.6 Å². The topological polar surface area (TPSA) is 73.0 Å². The van der Waals surface area contributed by atoms with E-state index in [-0.39, 0.29) is 16.6 Å². The number of hydrazine groups is 1. The molecule has 1 aromatic rings. The number of thiocarbonyl (C=S) groups is 1. The Kier molecular flexibility index (Phi) is 4.60. The maximum Gasteiger partial charge on any atom is 0.265 e. The number of nitrogens with zero attached hydrogens (tertiary/aromatic N) is 3. The second-order valence-electron chi connectivity index (χ2n) is 6.09. The largest absolute Gasteiger partial charge is 0.296 e. The fourth-order valence-corrected chi connectivity index (χ4v) is 2.99. The maximum atomic E-state index is 12.9. The molecule has 7 nitrogen and oxygen atoms in total. The first-order valence-corrected chi connectivity index (χ1v) is 8.38. The van der Waals surface area contributed by atoms with E-state index < -0.39 is 17.7 Å². The van der Waals surface area contributed by atoms with Crippen LogP contribution in [0.3, 0.4) is 0 Å². The van der Waals surface area contributed by atoms with Crippen LogP contribution in [0.2, 0.25) is 0 Å². The van der Waals surface area contributed by atoms with Crippen molar-refractivity contribution in [2.75, 3.05) is 19.1 Å². The number of hydrogen-bond acceptors (Lipinski definition) is 5. The molecule has 0 aromatic heterocycles. The van der Waals surface area contributed by atoms with E-state index in [0.29, 0.717) is 5.69 Å². The number of likely N-dealkylation sites (N-methyl/N-ethyl adjacent to an activating group) is 2. The van der Waals surface area contributed by atoms with E-state index in [0.717, 1.165) is 5.70 Å². The van der Waals surface area contributed by atoms with E-state index in [2.05, 4.69) is 5.43 Å². The number of hydrogen-bond donors (Lipinski definition) is 1. The van der Waals surface area contributed by atoms with Crippen LogP contribution in [0.25, 0.3) is 0 Å². The van der Waals surface area contributed by atoms with Crippen LogP contribution in [-0.2, 0) is 14.4 Å². The Hall–Kier alpha value is -3.00. The fourth-order valence-electron chi connectivity index (χ4n) is 2.82. The van der Waals surface area contributed by atoms with Gasteiger partial charge in [0.15, 0.2) is 5.11 Å². The predicted octanol–water partition coefficient (Wildman–Crippen LogP) is 1.20. The van der Waals surface area contributed by atoms with Gasteiger partial charge in [-0.25, -0.2) is 5.01 Å². The number of benzene rings is 1. The zero-order valence-electron chi connectivity index (χ0n) is 14.6. The van der Waals surface area contributed by atoms with Gasteiger partial charge in [-0.2, -0.15) is 0 Å². The molecule has 26 heavy (non-hydrogen) atoms. The highest BCUT2D eigenvalue weighted by atomic mass is 32.1. The van der Waals surface area contributed by atoms with Crippen LogP contribution in [0.1, 0.15) is 6.92 Å². The van der Waals surface area contributed by atoms with E-state index in [9.17, 15) is 14.4 Å². The molecule has 0 unspecified atom stereocenters. The van der Waals surface area contributed by atoms with E-state index in [1.54, 1.807) is 18.2 Å². The number of anilines is 1. The zero-order chi connectivity index (χ0) is 19.0. The van der Waals surface area contributed by atoms with Crippen molar-refractivity contribution in [2.24, 2.45) is 5.92 Å². The minimum atomic E-state index is -0.743. The van der Waals surface area contributed by atoms with Crippen LogP contribution in [-0.4, -0.2) is 46.7 Å². The van der Waals surface area contributed by atoms with Gasteiger partial charge in [0.1, 0.15) is 5.57 Å². The van der Waals surface area contributed by atoms with Gasteiger partial charge in [0.25, 0.3) is 17.7 Å². The standard InChI is InChI=1S/C18H18N4O3S/c1-11-9-12(15(23)22(19-11)13-7-5-4-6-8-13)10-14-16(24)20(2)18(26)21(3)17(14)25/h4-10,12,19H,1-3H3/t12-/m1/s1. The van der Waals surface area contributed by atoms with Crippen molar-refractivity contribution in [3.05, 3.63) is 53.8 Å². The molecular formula is C18H18N4O3S. The second-order valence-corrected chi connectivity index (χ2v) is 6.45. The molecule has 1 fully saturated rings. The van der Waals surface area contributed by atoms with Crippen LogP contribution in [0.15, 0.2) is 53.8 Å². The van der Waals surface area contributed by atoms with Gasteiger partial charge in [0, 0.05) is 19.8 Å². The summed E-state index contributed by atoms with van der Waals surface area (Å²) in [5, 5.41) is 1.54. The van der Waals surface area contributed by atoms with Gasteiger partial charge in [0.05, 0.1) is 11.6 Å². The molecule has 0 aliphatic carbocycles. The molecule has 3 rings (SSSR count). The molecule has 2 aliphatic rings. The third-order valence-corrected chi connectivity index (χ3v) is 4.78. The van der Waals surface area contributed by atoms with E-state index in [1.165, 1.54) is 35.0 Å². The van der Waals surface area contributed by atoms with E-state index in [1.807, 2.05) is 25.1 Å². The van der Waals surface area contributed by atoms with Gasteiger partial charge in [-0.15, -0.1) is 0 Å². The molecule has 1 N–H and O–H groups in total. The average molecular weight is 370 g/mol. The quantitative estimate of drug-likeness (QED) is 0.481. The second kappa shape index (κ2) is 6.72. The molecule has 0 radical (unpaired) electrons. The molecular weight excluding hydrogens is 352 g/mol. The average Bonchev–Trinajstić information content (AvgIpc) is 2.65. The molecule has 1 saturated heterocycles. The van der Waals surface area contributed by atoms with Crippen molar-refractivity contribution in [1.29, 1.82) is 0 Å². The normalized spacial score (nSPS) is 21.0. The molecule has 2 heterocycles. The molecule has 8 heteroatoms. The first-order chi connectivity index (χ1) is 12.3. The number of amides is 3. The molecule has 0 saturated carbocycles. The zero-order valence-corrected chi connectivity index (χ0v) is 15.4. The van der Waals surface area contributed by atoms with Crippen molar-refractivity contribution in [1.82, 2.24) is 15.2 Å². The number of rotatable bonds is 2. The van der Waals surface area contributed by atoms with Gasteiger partial charge in [0.2, 0.25) is 0 Å². The lowest BCUT2D eigenvalue weighted by molar-refractivity contribution is -0.132. The fraction of sp³-hybridized carbons (Fsp3) is 0.222. The van der Waals surface area contributed by atoms with Crippen LogP contribution in [0.5, 0.6) is 0 Å². The Labute approximate surface area is 156 Å². The smallest absolute Gasteiger partial charge is 0.265 e. The molecule has 2 aliphatic heterocycles. The van der Waals surface area contributed by atoms with Crippen molar-refractivity contribution in [3.8, 4) is 0 Å². The van der Waals surface area contributed by atoms with Crippen molar-refractivity contribution in [2.45, 2.75) is 6.92 Å². The summed E-state index contributed by atoms with van der Waals surface area (Å²) in [6.07, 6.45) is 3.09. The first kappa shape index (κ1) is 17.8.